The zero-order valence-corrected chi connectivity index (χ0v) is 7.47. The van der Waals surface area contributed by atoms with Gasteiger partial charge in [-0.1, -0.05) is 12.8 Å². The lowest BCUT2D eigenvalue weighted by molar-refractivity contribution is 0.450. The third-order valence-corrected chi connectivity index (χ3v) is 2.89. The molecule has 0 radical (unpaired) electrons. The Kier molecular flexibility index (Phi) is 1.72. The Bertz CT molecular complexity index is 271. The molecule has 0 atom stereocenters. The summed E-state index contributed by atoms with van der Waals surface area (Å²) in [6.07, 6.45) is 8.30. The molecule has 1 aromatic heterocycles. The van der Waals surface area contributed by atoms with Gasteiger partial charge in [0, 0.05) is 11.1 Å². The van der Waals surface area contributed by atoms with E-state index in [0.29, 0.717) is 0 Å². The number of hydrogen-bond donors (Lipinski definition) is 1. The van der Waals surface area contributed by atoms with E-state index in [2.05, 4.69) is 6.92 Å². The van der Waals surface area contributed by atoms with Crippen molar-refractivity contribution >= 4 is 0 Å². The van der Waals surface area contributed by atoms with Crippen LogP contribution in [0.2, 0.25) is 0 Å². The summed E-state index contributed by atoms with van der Waals surface area (Å²) in [5.74, 6) is 0. The van der Waals surface area contributed by atoms with E-state index in [1.807, 2.05) is 0 Å². The largest absolute Gasteiger partial charge is 0.472 e. The molecule has 2 nitrogen and oxygen atoms in total. The zero-order valence-electron chi connectivity index (χ0n) is 7.47. The second kappa shape index (κ2) is 2.63. The van der Waals surface area contributed by atoms with Crippen LogP contribution >= 0.6 is 0 Å². The van der Waals surface area contributed by atoms with Crippen molar-refractivity contribution in [1.82, 2.24) is 0 Å². The fourth-order valence-corrected chi connectivity index (χ4v) is 2.15. The lowest BCUT2D eigenvalue weighted by atomic mass is 9.89. The summed E-state index contributed by atoms with van der Waals surface area (Å²) in [6, 6.07) is 0. The normalized spacial score (nSPS) is 21.5. The Balaban J connectivity index is 2.34. The van der Waals surface area contributed by atoms with E-state index in [-0.39, 0.29) is 5.54 Å². The summed E-state index contributed by atoms with van der Waals surface area (Å²) in [6.45, 7) is 2.06. The molecule has 0 aromatic carbocycles. The minimum atomic E-state index is -0.0862. The van der Waals surface area contributed by atoms with E-state index in [4.69, 9.17) is 10.2 Å². The van der Waals surface area contributed by atoms with Crippen LogP contribution in [0.3, 0.4) is 0 Å². The lowest BCUT2D eigenvalue weighted by Crippen LogP contribution is -2.33. The Morgan fingerprint density at radius 3 is 2.50 bits per heavy atom. The molecule has 1 fully saturated rings. The van der Waals surface area contributed by atoms with Crippen LogP contribution in [0, 0.1) is 6.92 Å². The third kappa shape index (κ3) is 1.07. The monoisotopic (exact) mass is 165 g/mol. The molecule has 0 aliphatic heterocycles. The van der Waals surface area contributed by atoms with Gasteiger partial charge in [-0.05, 0) is 25.3 Å². The topological polar surface area (TPSA) is 39.2 Å². The van der Waals surface area contributed by atoms with Crippen LogP contribution in [0.5, 0.6) is 0 Å². The minimum absolute atomic E-state index is 0.0862. The van der Waals surface area contributed by atoms with E-state index in [1.165, 1.54) is 24.0 Å². The molecule has 1 aliphatic carbocycles. The van der Waals surface area contributed by atoms with Gasteiger partial charge >= 0.3 is 0 Å². The van der Waals surface area contributed by atoms with Crippen LogP contribution in [0.4, 0.5) is 0 Å². The number of furan rings is 1. The summed E-state index contributed by atoms with van der Waals surface area (Å²) in [4.78, 5) is 0. The number of rotatable bonds is 1. The standard InChI is InChI=1S/C10H15NO/c1-8-6-12-7-9(8)10(11)4-2-3-5-10/h6-7H,2-5,11H2,1H3. The van der Waals surface area contributed by atoms with Crippen LogP contribution in [-0.2, 0) is 5.54 Å². The molecule has 0 saturated heterocycles. The van der Waals surface area contributed by atoms with Gasteiger partial charge in [0.05, 0.1) is 12.5 Å². The maximum Gasteiger partial charge on any atom is 0.0955 e. The average Bonchev–Trinajstić information content (AvgIpc) is 2.59. The molecule has 1 aromatic rings. The van der Waals surface area contributed by atoms with Gasteiger partial charge in [0.15, 0.2) is 0 Å². The molecule has 1 aliphatic rings. The van der Waals surface area contributed by atoms with Gasteiger partial charge in [-0.25, -0.2) is 0 Å². The summed E-state index contributed by atoms with van der Waals surface area (Å²) >= 11 is 0. The van der Waals surface area contributed by atoms with E-state index in [0.717, 1.165) is 12.8 Å². The van der Waals surface area contributed by atoms with Crippen LogP contribution in [0.1, 0.15) is 36.8 Å². The van der Waals surface area contributed by atoms with E-state index < -0.39 is 0 Å². The predicted molar refractivity (Wildman–Crippen MR) is 47.8 cm³/mol. The number of hydrogen-bond acceptors (Lipinski definition) is 2. The number of aryl methyl sites for hydroxylation is 1. The van der Waals surface area contributed by atoms with Crippen LogP contribution in [0.15, 0.2) is 16.9 Å². The van der Waals surface area contributed by atoms with Crippen molar-refractivity contribution in [3.8, 4) is 0 Å². The molecule has 0 unspecified atom stereocenters. The summed E-state index contributed by atoms with van der Waals surface area (Å²) in [5, 5.41) is 0. The van der Waals surface area contributed by atoms with Crippen LogP contribution < -0.4 is 5.73 Å². The molecular weight excluding hydrogens is 150 g/mol. The van der Waals surface area contributed by atoms with Gasteiger partial charge < -0.3 is 10.2 Å². The fourth-order valence-electron chi connectivity index (χ4n) is 2.15. The summed E-state index contributed by atoms with van der Waals surface area (Å²) < 4.78 is 5.14. The van der Waals surface area contributed by atoms with E-state index >= 15 is 0 Å². The van der Waals surface area contributed by atoms with Crippen LogP contribution in [-0.4, -0.2) is 0 Å². The zero-order chi connectivity index (χ0) is 8.60. The first-order chi connectivity index (χ1) is 5.72. The van der Waals surface area contributed by atoms with Crippen molar-refractivity contribution in [1.29, 1.82) is 0 Å². The molecule has 12 heavy (non-hydrogen) atoms. The van der Waals surface area contributed by atoms with Crippen molar-refractivity contribution in [2.75, 3.05) is 0 Å². The highest BCUT2D eigenvalue weighted by Gasteiger charge is 2.33. The first kappa shape index (κ1) is 7.87. The van der Waals surface area contributed by atoms with Gasteiger partial charge in [-0.15, -0.1) is 0 Å². The summed E-state index contributed by atoms with van der Waals surface area (Å²) in [5.41, 5.74) is 8.58. The second-order valence-corrected chi connectivity index (χ2v) is 3.83. The molecule has 0 bridgehead atoms. The maximum absolute atomic E-state index is 6.27. The molecule has 1 saturated carbocycles. The fraction of sp³-hybridized carbons (Fsp3) is 0.600. The molecule has 2 heteroatoms. The van der Waals surface area contributed by atoms with Gasteiger partial charge in [-0.2, -0.15) is 0 Å². The maximum atomic E-state index is 6.27. The smallest absolute Gasteiger partial charge is 0.0955 e. The second-order valence-electron chi connectivity index (χ2n) is 3.83. The van der Waals surface area contributed by atoms with E-state index in [9.17, 15) is 0 Å². The molecule has 2 N–H and O–H groups in total. The Morgan fingerprint density at radius 1 is 1.33 bits per heavy atom. The van der Waals surface area contributed by atoms with Gasteiger partial charge in [0.25, 0.3) is 0 Å². The molecule has 0 amide bonds. The Hall–Kier alpha value is -0.760. The highest BCUT2D eigenvalue weighted by molar-refractivity contribution is 5.28. The van der Waals surface area contributed by atoms with Crippen molar-refractivity contribution in [3.63, 3.8) is 0 Å². The van der Waals surface area contributed by atoms with Crippen molar-refractivity contribution in [2.24, 2.45) is 5.73 Å². The number of nitrogens with two attached hydrogens (primary N) is 1. The third-order valence-electron chi connectivity index (χ3n) is 2.89. The highest BCUT2D eigenvalue weighted by Crippen LogP contribution is 2.37. The Morgan fingerprint density at radius 2 is 2.00 bits per heavy atom. The van der Waals surface area contributed by atoms with Crippen LogP contribution in [0.25, 0.3) is 0 Å². The predicted octanol–water partition coefficient (Wildman–Crippen LogP) is 2.32. The highest BCUT2D eigenvalue weighted by atomic mass is 16.3. The van der Waals surface area contributed by atoms with E-state index in [1.54, 1.807) is 12.5 Å². The SMILES string of the molecule is Cc1cocc1C1(N)CCCC1. The molecule has 1 heterocycles. The van der Waals surface area contributed by atoms with Gasteiger partial charge in [0.1, 0.15) is 0 Å². The molecular formula is C10H15NO. The quantitative estimate of drug-likeness (QED) is 0.693. The average molecular weight is 165 g/mol. The molecule has 0 spiro atoms. The van der Waals surface area contributed by atoms with Crippen molar-refractivity contribution in [2.45, 2.75) is 38.1 Å². The van der Waals surface area contributed by atoms with Gasteiger partial charge in [-0.3, -0.25) is 0 Å². The lowest BCUT2D eigenvalue weighted by Gasteiger charge is -2.22. The first-order valence-electron chi connectivity index (χ1n) is 4.54. The minimum Gasteiger partial charge on any atom is -0.472 e. The Labute approximate surface area is 72.7 Å². The molecule has 66 valence electrons. The summed E-state index contributed by atoms with van der Waals surface area (Å²) in [7, 11) is 0. The first-order valence-corrected chi connectivity index (χ1v) is 4.54. The van der Waals surface area contributed by atoms with Crippen molar-refractivity contribution < 1.29 is 4.42 Å². The van der Waals surface area contributed by atoms with Crippen molar-refractivity contribution in [3.05, 3.63) is 23.7 Å². The van der Waals surface area contributed by atoms with Gasteiger partial charge in [0.2, 0.25) is 0 Å². The molecule has 2 rings (SSSR count).